The Labute approximate surface area is 202 Å². The lowest BCUT2D eigenvalue weighted by atomic mass is 9.48. The first kappa shape index (κ1) is 20.1. The van der Waals surface area contributed by atoms with E-state index in [0.717, 1.165) is 46.5 Å². The molecule has 34 heavy (non-hydrogen) atoms. The molecule has 0 spiro atoms. The Balaban J connectivity index is 1.16. The molecule has 1 aromatic carbocycles. The van der Waals surface area contributed by atoms with Crippen molar-refractivity contribution < 1.29 is 4.79 Å². The molecule has 0 atom stereocenters. The van der Waals surface area contributed by atoms with E-state index in [0.29, 0.717) is 17.9 Å². The predicted molar refractivity (Wildman–Crippen MR) is 132 cm³/mol. The van der Waals surface area contributed by atoms with Crippen LogP contribution >= 0.6 is 0 Å². The fourth-order valence-electron chi connectivity index (χ4n) is 10.4. The summed E-state index contributed by atoms with van der Waals surface area (Å²) in [6.07, 6.45) is 16.8. The number of rotatable bonds is 4. The number of carbonyl (C=O) groups is 1. The first-order chi connectivity index (χ1) is 16.6. The molecule has 0 aliphatic heterocycles. The van der Waals surface area contributed by atoms with Crippen LogP contribution in [0.1, 0.15) is 86.7 Å². The number of hydrogen-bond acceptors (Lipinski definition) is 2. The molecule has 8 aliphatic carbocycles. The van der Waals surface area contributed by atoms with Gasteiger partial charge in [-0.2, -0.15) is 5.10 Å². The maximum absolute atomic E-state index is 14.0. The Morgan fingerprint density at radius 1 is 0.794 bits per heavy atom. The molecule has 1 N–H and O–H groups in total. The molecule has 8 aliphatic rings. The number of benzene rings is 1. The van der Waals surface area contributed by atoms with Crippen LogP contribution in [0.5, 0.6) is 0 Å². The monoisotopic (exact) mass is 455 g/mol. The van der Waals surface area contributed by atoms with Gasteiger partial charge in [-0.15, -0.1) is 0 Å². The van der Waals surface area contributed by atoms with Crippen molar-refractivity contribution in [3.63, 3.8) is 0 Å². The van der Waals surface area contributed by atoms with Crippen LogP contribution in [-0.4, -0.2) is 21.7 Å². The molecule has 8 bridgehead atoms. The second-order valence-electron chi connectivity index (χ2n) is 13.3. The molecule has 178 valence electrons. The lowest BCUT2D eigenvalue weighted by molar-refractivity contribution is -0.0128. The van der Waals surface area contributed by atoms with Crippen molar-refractivity contribution in [2.24, 2.45) is 41.4 Å². The molecule has 0 radical (unpaired) electrons. The zero-order valence-corrected chi connectivity index (χ0v) is 20.2. The van der Waals surface area contributed by atoms with Gasteiger partial charge in [-0.1, -0.05) is 18.2 Å². The highest BCUT2D eigenvalue weighted by atomic mass is 16.1. The van der Waals surface area contributed by atoms with Gasteiger partial charge in [0.15, 0.2) is 0 Å². The lowest BCUT2D eigenvalue weighted by Crippen LogP contribution is -2.56. The number of amides is 1. The highest BCUT2D eigenvalue weighted by Gasteiger charge is 2.54. The van der Waals surface area contributed by atoms with E-state index in [1.54, 1.807) is 0 Å². The zero-order chi connectivity index (χ0) is 22.4. The highest BCUT2D eigenvalue weighted by Crippen LogP contribution is 2.61. The fraction of sp³-hybridized carbons (Fsp3) is 0.667. The van der Waals surface area contributed by atoms with E-state index in [4.69, 9.17) is 5.10 Å². The van der Waals surface area contributed by atoms with E-state index in [1.165, 1.54) is 70.6 Å². The van der Waals surface area contributed by atoms with Gasteiger partial charge in [-0.05, 0) is 124 Å². The molecular weight excluding hydrogens is 418 g/mol. The fourth-order valence-corrected chi connectivity index (χ4v) is 10.4. The van der Waals surface area contributed by atoms with Crippen molar-refractivity contribution in [3.8, 4) is 5.69 Å². The van der Waals surface area contributed by atoms with Gasteiger partial charge in [0.25, 0.3) is 5.91 Å². The molecule has 4 heteroatoms. The average Bonchev–Trinajstić information content (AvgIpc) is 3.27. The van der Waals surface area contributed by atoms with Gasteiger partial charge in [-0.3, -0.25) is 4.79 Å². The van der Waals surface area contributed by atoms with Crippen LogP contribution in [0.3, 0.4) is 0 Å². The van der Waals surface area contributed by atoms with Crippen molar-refractivity contribution in [1.82, 2.24) is 15.1 Å². The maximum Gasteiger partial charge on any atom is 0.255 e. The van der Waals surface area contributed by atoms with Gasteiger partial charge in [0.2, 0.25) is 0 Å². The van der Waals surface area contributed by atoms with Crippen LogP contribution < -0.4 is 5.32 Å². The highest BCUT2D eigenvalue weighted by molar-refractivity contribution is 5.96. The Morgan fingerprint density at radius 3 is 1.94 bits per heavy atom. The van der Waals surface area contributed by atoms with Gasteiger partial charge in [-0.25, -0.2) is 4.68 Å². The molecule has 8 saturated carbocycles. The summed E-state index contributed by atoms with van der Waals surface area (Å²) in [5.74, 6) is 5.94. The van der Waals surface area contributed by atoms with Gasteiger partial charge < -0.3 is 5.32 Å². The third-order valence-electron chi connectivity index (χ3n) is 11.0. The van der Waals surface area contributed by atoms with E-state index in [9.17, 15) is 4.79 Å². The predicted octanol–water partition coefficient (Wildman–Crippen LogP) is 5.89. The number of nitrogens with zero attached hydrogens (tertiary/aromatic N) is 2. The normalized spacial score (nSPS) is 43.4. The molecule has 0 saturated heterocycles. The minimum absolute atomic E-state index is 0.117. The van der Waals surface area contributed by atoms with Gasteiger partial charge in [0.1, 0.15) is 0 Å². The lowest BCUT2D eigenvalue weighted by Gasteiger charge is -2.56. The first-order valence-corrected chi connectivity index (χ1v) is 14.1. The quantitative estimate of drug-likeness (QED) is 0.624. The van der Waals surface area contributed by atoms with E-state index in [1.807, 2.05) is 10.7 Å². The zero-order valence-electron chi connectivity index (χ0n) is 20.2. The molecule has 0 unspecified atom stereocenters. The van der Waals surface area contributed by atoms with Crippen molar-refractivity contribution >= 4 is 5.91 Å². The van der Waals surface area contributed by atoms with E-state index >= 15 is 0 Å². The number of aromatic nitrogens is 2. The van der Waals surface area contributed by atoms with Crippen molar-refractivity contribution in [2.75, 3.05) is 0 Å². The molecular formula is C30H37N3O. The number of para-hydroxylation sites is 1. The second kappa shape index (κ2) is 7.21. The first-order valence-electron chi connectivity index (χ1n) is 14.1. The Kier molecular flexibility index (Phi) is 4.27. The van der Waals surface area contributed by atoms with Crippen molar-refractivity contribution in [2.45, 2.75) is 82.1 Å². The summed E-state index contributed by atoms with van der Waals surface area (Å²) in [6, 6.07) is 10.8. The minimum atomic E-state index is 0.117. The van der Waals surface area contributed by atoms with Crippen LogP contribution in [-0.2, 0) is 5.41 Å². The van der Waals surface area contributed by atoms with Gasteiger partial charge in [0, 0.05) is 17.7 Å². The summed E-state index contributed by atoms with van der Waals surface area (Å²) in [4.78, 5) is 14.0. The second-order valence-corrected chi connectivity index (χ2v) is 13.3. The number of carbonyl (C=O) groups excluding carboxylic acids is 1. The summed E-state index contributed by atoms with van der Waals surface area (Å²) in [5, 5.41) is 8.86. The van der Waals surface area contributed by atoms with Gasteiger partial charge in [0.05, 0.1) is 16.9 Å². The SMILES string of the molecule is O=C(NC1C2CC3CC(C2)CC1C3)c1cn(-c2ccccc2)nc1C12CC3CC(CC(C3)C1)C2. The van der Waals surface area contributed by atoms with E-state index in [-0.39, 0.29) is 11.3 Å². The van der Waals surface area contributed by atoms with Crippen molar-refractivity contribution in [1.29, 1.82) is 0 Å². The average molecular weight is 456 g/mol. The van der Waals surface area contributed by atoms with E-state index < -0.39 is 0 Å². The summed E-state index contributed by atoms with van der Waals surface area (Å²) in [7, 11) is 0. The third kappa shape index (κ3) is 3.02. The van der Waals surface area contributed by atoms with Crippen LogP contribution in [0.4, 0.5) is 0 Å². The number of nitrogens with one attached hydrogen (secondary N) is 1. The molecule has 1 aromatic heterocycles. The molecule has 10 rings (SSSR count). The smallest absolute Gasteiger partial charge is 0.255 e. The summed E-state index contributed by atoms with van der Waals surface area (Å²) >= 11 is 0. The molecule has 4 nitrogen and oxygen atoms in total. The Morgan fingerprint density at radius 2 is 1.35 bits per heavy atom. The van der Waals surface area contributed by atoms with Crippen LogP contribution in [0.15, 0.2) is 36.5 Å². The minimum Gasteiger partial charge on any atom is -0.349 e. The topological polar surface area (TPSA) is 46.9 Å². The summed E-state index contributed by atoms with van der Waals surface area (Å²) < 4.78 is 2.00. The summed E-state index contributed by atoms with van der Waals surface area (Å²) in [5.41, 5.74) is 3.17. The summed E-state index contributed by atoms with van der Waals surface area (Å²) in [6.45, 7) is 0. The largest absolute Gasteiger partial charge is 0.349 e. The van der Waals surface area contributed by atoms with Gasteiger partial charge >= 0.3 is 0 Å². The standard InChI is InChI=1S/C30H37N3O/c34-29(31-27-23-10-18-6-19(12-23)13-24(27)11-18)26-17-33(25-4-2-1-3-5-25)32-28(26)30-14-20-7-21(15-30)9-22(8-20)16-30/h1-5,17-24,27H,6-16H2,(H,31,34). The third-order valence-corrected chi connectivity index (χ3v) is 11.0. The van der Waals surface area contributed by atoms with Crippen LogP contribution in [0, 0.1) is 41.4 Å². The Hall–Kier alpha value is -2.10. The molecule has 8 fully saturated rings. The Bertz CT molecular complexity index is 1050. The van der Waals surface area contributed by atoms with E-state index in [2.05, 4.69) is 35.8 Å². The molecule has 1 amide bonds. The van der Waals surface area contributed by atoms with Crippen LogP contribution in [0.2, 0.25) is 0 Å². The van der Waals surface area contributed by atoms with Crippen molar-refractivity contribution in [3.05, 3.63) is 47.8 Å². The number of hydrogen-bond donors (Lipinski definition) is 1. The molecule has 1 heterocycles. The molecule has 2 aromatic rings. The van der Waals surface area contributed by atoms with Crippen LogP contribution in [0.25, 0.3) is 5.69 Å². The maximum atomic E-state index is 14.0.